The molecule has 0 atom stereocenters. The van der Waals surface area contributed by atoms with Crippen LogP contribution in [0.3, 0.4) is 0 Å². The number of thiocarbonyl (C=S) groups is 1. The van der Waals surface area contributed by atoms with E-state index in [0.29, 0.717) is 39.2 Å². The summed E-state index contributed by atoms with van der Waals surface area (Å²) in [5.74, 6) is 0.233. The Hall–Kier alpha value is -2.71. The number of carbonyl (C=O) groups is 3. The number of carbonyl (C=O) groups excluding carboxylic acids is 3. The molecule has 3 rings (SSSR count). The standard InChI is InChI=1S/C20H18N2O4S2/c1-13(23)14-6-8-15(9-7-14)21-18(24)5-2-10-22-19(25)17(28-20(22)27)12-16-4-3-11-26-16/h3-4,6-9,11-12H,2,5,10H2,1H3,(H,21,24)/b17-12-. The molecule has 0 unspecified atom stereocenters. The van der Waals surface area contributed by atoms with Crippen molar-refractivity contribution in [2.45, 2.75) is 19.8 Å². The second-order valence-corrected chi connectivity index (χ2v) is 7.81. The lowest BCUT2D eigenvalue weighted by atomic mass is 10.1. The first-order valence-corrected chi connectivity index (χ1v) is 9.86. The third-order valence-corrected chi connectivity index (χ3v) is 5.43. The van der Waals surface area contributed by atoms with Gasteiger partial charge in [0.15, 0.2) is 5.78 Å². The maximum absolute atomic E-state index is 12.5. The van der Waals surface area contributed by atoms with Gasteiger partial charge in [0.25, 0.3) is 5.91 Å². The molecular formula is C20H18N2O4S2. The first-order valence-electron chi connectivity index (χ1n) is 8.64. The van der Waals surface area contributed by atoms with Crippen LogP contribution >= 0.6 is 24.0 Å². The van der Waals surface area contributed by atoms with Gasteiger partial charge in [0.1, 0.15) is 10.1 Å². The number of Topliss-reactive ketones (excluding diaryl/α,β-unsaturated/α-hetero) is 1. The Kier molecular flexibility index (Phi) is 6.43. The van der Waals surface area contributed by atoms with Crippen LogP contribution in [0, 0.1) is 0 Å². The minimum Gasteiger partial charge on any atom is -0.465 e. The maximum atomic E-state index is 12.5. The van der Waals surface area contributed by atoms with Crippen molar-refractivity contribution in [3.05, 3.63) is 58.9 Å². The number of hydrogen-bond acceptors (Lipinski definition) is 6. The number of rotatable bonds is 7. The minimum atomic E-state index is -0.174. The van der Waals surface area contributed by atoms with Crippen LogP contribution in [0.15, 0.2) is 52.0 Å². The quantitative estimate of drug-likeness (QED) is 0.417. The van der Waals surface area contributed by atoms with E-state index in [1.807, 2.05) is 0 Å². The van der Waals surface area contributed by atoms with Gasteiger partial charge in [-0.1, -0.05) is 24.0 Å². The third kappa shape index (κ3) is 4.96. The molecule has 0 bridgehead atoms. The van der Waals surface area contributed by atoms with E-state index >= 15 is 0 Å². The second-order valence-electron chi connectivity index (χ2n) is 6.13. The normalized spacial score (nSPS) is 15.3. The number of amides is 2. The number of thioether (sulfide) groups is 1. The van der Waals surface area contributed by atoms with Crippen molar-refractivity contribution in [3.63, 3.8) is 0 Å². The van der Waals surface area contributed by atoms with Crippen LogP contribution in [0.2, 0.25) is 0 Å². The third-order valence-electron chi connectivity index (χ3n) is 4.05. The molecule has 2 heterocycles. The highest BCUT2D eigenvalue weighted by Crippen LogP contribution is 2.32. The van der Waals surface area contributed by atoms with Crippen molar-refractivity contribution in [1.82, 2.24) is 4.90 Å². The molecule has 1 saturated heterocycles. The highest BCUT2D eigenvalue weighted by molar-refractivity contribution is 8.26. The average Bonchev–Trinajstić information content (AvgIpc) is 3.26. The van der Waals surface area contributed by atoms with Gasteiger partial charge < -0.3 is 9.73 Å². The molecule has 1 fully saturated rings. The summed E-state index contributed by atoms with van der Waals surface area (Å²) in [7, 11) is 0. The van der Waals surface area contributed by atoms with Gasteiger partial charge in [-0.2, -0.15) is 0 Å². The van der Waals surface area contributed by atoms with Crippen molar-refractivity contribution in [3.8, 4) is 0 Å². The molecule has 0 saturated carbocycles. The molecule has 144 valence electrons. The zero-order valence-corrected chi connectivity index (χ0v) is 16.8. The lowest BCUT2D eigenvalue weighted by Gasteiger charge is -2.14. The predicted octanol–water partition coefficient (Wildman–Crippen LogP) is 4.10. The van der Waals surface area contributed by atoms with Crippen molar-refractivity contribution in [2.24, 2.45) is 0 Å². The fourth-order valence-corrected chi connectivity index (χ4v) is 3.89. The molecule has 0 spiro atoms. The van der Waals surface area contributed by atoms with Gasteiger partial charge in [-0.25, -0.2) is 0 Å². The molecule has 2 aromatic rings. The Balaban J connectivity index is 1.49. The van der Waals surface area contributed by atoms with E-state index in [1.54, 1.807) is 48.7 Å². The molecule has 0 radical (unpaired) electrons. The van der Waals surface area contributed by atoms with Crippen molar-refractivity contribution < 1.29 is 18.8 Å². The van der Waals surface area contributed by atoms with Crippen LogP contribution < -0.4 is 5.32 Å². The van der Waals surface area contributed by atoms with E-state index in [0.717, 1.165) is 0 Å². The van der Waals surface area contributed by atoms with Gasteiger partial charge in [0.05, 0.1) is 11.2 Å². The van der Waals surface area contributed by atoms with Gasteiger partial charge in [-0.05, 0) is 49.7 Å². The summed E-state index contributed by atoms with van der Waals surface area (Å²) in [5, 5.41) is 2.78. The average molecular weight is 415 g/mol. The largest absolute Gasteiger partial charge is 0.465 e. The Morgan fingerprint density at radius 1 is 1.25 bits per heavy atom. The zero-order chi connectivity index (χ0) is 20.1. The summed E-state index contributed by atoms with van der Waals surface area (Å²) < 4.78 is 5.70. The lowest BCUT2D eigenvalue weighted by Crippen LogP contribution is -2.29. The number of furan rings is 1. The number of ketones is 1. The predicted molar refractivity (Wildman–Crippen MR) is 113 cm³/mol. The number of benzene rings is 1. The highest BCUT2D eigenvalue weighted by atomic mass is 32.2. The number of hydrogen-bond donors (Lipinski definition) is 1. The number of anilines is 1. The fraction of sp³-hybridized carbons (Fsp3) is 0.200. The van der Waals surface area contributed by atoms with E-state index in [2.05, 4.69) is 5.32 Å². The smallest absolute Gasteiger partial charge is 0.266 e. The second kappa shape index (κ2) is 8.99. The van der Waals surface area contributed by atoms with Gasteiger partial charge in [-0.15, -0.1) is 0 Å². The van der Waals surface area contributed by atoms with Crippen LogP contribution in [0.25, 0.3) is 6.08 Å². The van der Waals surface area contributed by atoms with Crippen LogP contribution in [-0.4, -0.2) is 33.4 Å². The number of nitrogens with zero attached hydrogens (tertiary/aromatic N) is 1. The molecule has 28 heavy (non-hydrogen) atoms. The summed E-state index contributed by atoms with van der Waals surface area (Å²) in [6, 6.07) is 10.2. The fourth-order valence-electron chi connectivity index (χ4n) is 2.60. The van der Waals surface area contributed by atoms with Gasteiger partial charge in [0.2, 0.25) is 5.91 Å². The molecule has 8 heteroatoms. The van der Waals surface area contributed by atoms with Crippen LogP contribution in [0.4, 0.5) is 5.69 Å². The van der Waals surface area contributed by atoms with Crippen molar-refractivity contribution >= 4 is 57.7 Å². The molecule has 1 aromatic carbocycles. The summed E-state index contributed by atoms with van der Waals surface area (Å²) in [6.45, 7) is 1.86. The summed E-state index contributed by atoms with van der Waals surface area (Å²) >= 11 is 6.50. The summed E-state index contributed by atoms with van der Waals surface area (Å²) in [5.41, 5.74) is 1.22. The molecule has 1 aliphatic rings. The Bertz CT molecular complexity index is 934. The zero-order valence-electron chi connectivity index (χ0n) is 15.1. The lowest BCUT2D eigenvalue weighted by molar-refractivity contribution is -0.122. The molecule has 0 aliphatic carbocycles. The highest BCUT2D eigenvalue weighted by Gasteiger charge is 2.31. The summed E-state index contributed by atoms with van der Waals surface area (Å²) in [4.78, 5) is 37.9. The van der Waals surface area contributed by atoms with Gasteiger partial charge in [-0.3, -0.25) is 19.3 Å². The monoisotopic (exact) mass is 414 g/mol. The van der Waals surface area contributed by atoms with Gasteiger partial charge in [0, 0.05) is 30.3 Å². The minimum absolute atomic E-state index is 0.0255. The molecule has 1 aliphatic heterocycles. The van der Waals surface area contributed by atoms with Crippen molar-refractivity contribution in [1.29, 1.82) is 0 Å². The van der Waals surface area contributed by atoms with E-state index in [9.17, 15) is 14.4 Å². The SMILES string of the molecule is CC(=O)c1ccc(NC(=O)CCCN2C(=O)/C(=C/c3ccco3)SC2=S)cc1. The van der Waals surface area contributed by atoms with Crippen LogP contribution in [-0.2, 0) is 9.59 Å². The van der Waals surface area contributed by atoms with E-state index in [-0.39, 0.29) is 24.0 Å². The van der Waals surface area contributed by atoms with E-state index in [1.165, 1.54) is 23.6 Å². The summed E-state index contributed by atoms with van der Waals surface area (Å²) in [6.07, 6.45) is 3.94. The van der Waals surface area contributed by atoms with Crippen molar-refractivity contribution in [2.75, 3.05) is 11.9 Å². The maximum Gasteiger partial charge on any atom is 0.266 e. The number of nitrogens with one attached hydrogen (secondary N) is 1. The van der Waals surface area contributed by atoms with Crippen LogP contribution in [0.1, 0.15) is 35.9 Å². The Morgan fingerprint density at radius 2 is 2.00 bits per heavy atom. The van der Waals surface area contributed by atoms with Crippen LogP contribution in [0.5, 0.6) is 0 Å². The molecule has 2 amide bonds. The molecular weight excluding hydrogens is 396 g/mol. The first kappa shape index (κ1) is 20.0. The molecule has 1 aromatic heterocycles. The van der Waals surface area contributed by atoms with E-state index < -0.39 is 0 Å². The Labute approximate surface area is 172 Å². The molecule has 6 nitrogen and oxygen atoms in total. The van der Waals surface area contributed by atoms with E-state index in [4.69, 9.17) is 16.6 Å². The van der Waals surface area contributed by atoms with Gasteiger partial charge >= 0.3 is 0 Å². The topological polar surface area (TPSA) is 79.6 Å². The molecule has 1 N–H and O–H groups in total. The first-order chi connectivity index (χ1) is 13.4. The Morgan fingerprint density at radius 3 is 2.64 bits per heavy atom.